The summed E-state index contributed by atoms with van der Waals surface area (Å²) >= 11 is 0. The molecule has 1 atom stereocenters. The summed E-state index contributed by atoms with van der Waals surface area (Å²) in [6, 6.07) is 5.75. The van der Waals surface area contributed by atoms with Crippen LogP contribution in [0, 0.1) is 13.8 Å². The molecule has 17 heavy (non-hydrogen) atoms. The Morgan fingerprint density at radius 1 is 1.41 bits per heavy atom. The minimum Gasteiger partial charge on any atom is -0.370 e. The van der Waals surface area contributed by atoms with Crippen molar-refractivity contribution < 1.29 is 9.53 Å². The van der Waals surface area contributed by atoms with E-state index >= 15 is 0 Å². The lowest BCUT2D eigenvalue weighted by Crippen LogP contribution is -2.21. The third-order valence-electron chi connectivity index (χ3n) is 2.85. The predicted octanol–water partition coefficient (Wildman–Crippen LogP) is 3.47. The highest BCUT2D eigenvalue weighted by atomic mass is 16.5. The molecule has 92 valence electrons. The van der Waals surface area contributed by atoms with Crippen LogP contribution in [0.5, 0.6) is 0 Å². The van der Waals surface area contributed by atoms with E-state index in [9.17, 15) is 4.79 Å². The van der Waals surface area contributed by atoms with Crippen molar-refractivity contribution in [1.29, 1.82) is 0 Å². The summed E-state index contributed by atoms with van der Waals surface area (Å²) in [4.78, 5) is 12.1. The van der Waals surface area contributed by atoms with E-state index in [0.29, 0.717) is 6.61 Å². The lowest BCUT2D eigenvalue weighted by molar-refractivity contribution is 0.0492. The van der Waals surface area contributed by atoms with Gasteiger partial charge < -0.3 is 4.74 Å². The lowest BCUT2D eigenvalue weighted by Gasteiger charge is -2.12. The highest BCUT2D eigenvalue weighted by molar-refractivity contribution is 5.99. The number of aryl methyl sites for hydroxylation is 2. The first kappa shape index (κ1) is 13.7. The van der Waals surface area contributed by atoms with Gasteiger partial charge in [-0.2, -0.15) is 0 Å². The van der Waals surface area contributed by atoms with Crippen molar-refractivity contribution in [1.82, 2.24) is 0 Å². The summed E-state index contributed by atoms with van der Waals surface area (Å²) in [5.74, 6) is 0.0390. The molecule has 0 saturated carbocycles. The Labute approximate surface area is 103 Å². The molecule has 0 saturated heterocycles. The zero-order valence-electron chi connectivity index (χ0n) is 10.8. The van der Waals surface area contributed by atoms with Gasteiger partial charge in [-0.1, -0.05) is 18.2 Å². The first-order chi connectivity index (χ1) is 8.06. The molecule has 0 amide bonds. The van der Waals surface area contributed by atoms with Crippen LogP contribution in [0.1, 0.15) is 34.8 Å². The van der Waals surface area contributed by atoms with Crippen LogP contribution in [0.3, 0.4) is 0 Å². The average Bonchev–Trinajstić information content (AvgIpc) is 2.32. The molecule has 0 radical (unpaired) electrons. The molecule has 1 aromatic rings. The Balaban J connectivity index is 2.68. The number of hydrogen-bond donors (Lipinski definition) is 0. The van der Waals surface area contributed by atoms with Crippen LogP contribution in [0.2, 0.25) is 0 Å². The molecule has 1 aromatic carbocycles. The summed E-state index contributed by atoms with van der Waals surface area (Å²) in [7, 11) is 0. The fourth-order valence-corrected chi connectivity index (χ4v) is 1.53. The van der Waals surface area contributed by atoms with Gasteiger partial charge in [-0.15, -0.1) is 6.58 Å². The van der Waals surface area contributed by atoms with E-state index in [1.807, 2.05) is 32.0 Å². The molecule has 0 aliphatic heterocycles. The van der Waals surface area contributed by atoms with E-state index in [1.165, 1.54) is 5.56 Å². The maximum Gasteiger partial charge on any atom is 0.191 e. The van der Waals surface area contributed by atoms with Crippen molar-refractivity contribution in [3.63, 3.8) is 0 Å². The third-order valence-corrected chi connectivity index (χ3v) is 2.85. The number of rotatable bonds is 6. The fraction of sp³-hybridized carbons (Fsp3) is 0.400. The molecule has 0 bridgehead atoms. The highest BCUT2D eigenvalue weighted by Gasteiger charge is 2.15. The van der Waals surface area contributed by atoms with Gasteiger partial charge in [-0.3, -0.25) is 4.79 Å². The van der Waals surface area contributed by atoms with Crippen LogP contribution >= 0.6 is 0 Å². The quantitative estimate of drug-likeness (QED) is 0.426. The van der Waals surface area contributed by atoms with Crippen LogP contribution in [0.25, 0.3) is 0 Å². The maximum atomic E-state index is 12.1. The van der Waals surface area contributed by atoms with Crippen LogP contribution < -0.4 is 0 Å². The van der Waals surface area contributed by atoms with Gasteiger partial charge in [0.05, 0.1) is 6.61 Å². The summed E-state index contributed by atoms with van der Waals surface area (Å²) in [6.07, 6.45) is 2.16. The minimum atomic E-state index is -0.392. The largest absolute Gasteiger partial charge is 0.370 e. The lowest BCUT2D eigenvalue weighted by atomic mass is 10.0. The third kappa shape index (κ3) is 3.82. The summed E-state index contributed by atoms with van der Waals surface area (Å²) in [6.45, 7) is 10.00. The molecule has 1 rings (SSSR count). The first-order valence-electron chi connectivity index (χ1n) is 5.90. The molecule has 2 heteroatoms. The Morgan fingerprint density at radius 2 is 2.12 bits per heavy atom. The fourth-order valence-electron chi connectivity index (χ4n) is 1.53. The molecule has 0 aliphatic carbocycles. The number of benzene rings is 1. The van der Waals surface area contributed by atoms with Crippen molar-refractivity contribution in [3.05, 3.63) is 47.5 Å². The van der Waals surface area contributed by atoms with Gasteiger partial charge in [-0.25, -0.2) is 0 Å². The van der Waals surface area contributed by atoms with Crippen LogP contribution in [0.15, 0.2) is 30.9 Å². The van der Waals surface area contributed by atoms with Crippen LogP contribution in [0.4, 0.5) is 0 Å². The summed E-state index contributed by atoms with van der Waals surface area (Å²) in [5.41, 5.74) is 3.05. The predicted molar refractivity (Wildman–Crippen MR) is 70.5 cm³/mol. The van der Waals surface area contributed by atoms with Gasteiger partial charge in [0.1, 0.15) is 6.10 Å². The molecule has 0 aliphatic rings. The molecular formula is C15H20O2. The first-order valence-corrected chi connectivity index (χ1v) is 5.90. The number of carbonyl (C=O) groups is 1. The van der Waals surface area contributed by atoms with E-state index in [4.69, 9.17) is 4.74 Å². The second-order valence-electron chi connectivity index (χ2n) is 4.25. The van der Waals surface area contributed by atoms with Gasteiger partial charge in [0.15, 0.2) is 5.78 Å². The molecule has 0 aromatic heterocycles. The zero-order valence-corrected chi connectivity index (χ0v) is 10.8. The Kier molecular flexibility index (Phi) is 5.11. The number of carbonyl (C=O) groups excluding carboxylic acids is 1. The average molecular weight is 232 g/mol. The van der Waals surface area contributed by atoms with Crippen molar-refractivity contribution in [2.24, 2.45) is 0 Å². The van der Waals surface area contributed by atoms with Gasteiger partial charge >= 0.3 is 0 Å². The molecule has 0 spiro atoms. The number of Topliss-reactive ketones (excluding diaryl/α,β-unsaturated/α-hetero) is 1. The van der Waals surface area contributed by atoms with Gasteiger partial charge in [0.2, 0.25) is 0 Å². The van der Waals surface area contributed by atoms with E-state index in [0.717, 1.165) is 17.5 Å². The topological polar surface area (TPSA) is 26.3 Å². The van der Waals surface area contributed by atoms with E-state index in [-0.39, 0.29) is 5.78 Å². The van der Waals surface area contributed by atoms with E-state index < -0.39 is 6.10 Å². The number of ether oxygens (including phenoxy) is 1. The second-order valence-corrected chi connectivity index (χ2v) is 4.25. The smallest absolute Gasteiger partial charge is 0.191 e. The van der Waals surface area contributed by atoms with Gasteiger partial charge in [0, 0.05) is 5.56 Å². The standard InChI is InChI=1S/C15H20O2/c1-5-6-9-17-13(4)15(16)14-8-7-11(2)12(3)10-14/h5,7-8,10,13H,1,6,9H2,2-4H3. The number of hydrogen-bond acceptors (Lipinski definition) is 2. The molecule has 0 fully saturated rings. The second kappa shape index (κ2) is 6.36. The number of ketones is 1. The molecular weight excluding hydrogens is 212 g/mol. The van der Waals surface area contributed by atoms with Crippen LogP contribution in [-0.4, -0.2) is 18.5 Å². The van der Waals surface area contributed by atoms with E-state index in [1.54, 1.807) is 13.0 Å². The SMILES string of the molecule is C=CCCOC(C)C(=O)c1ccc(C)c(C)c1. The highest BCUT2D eigenvalue weighted by Crippen LogP contribution is 2.13. The zero-order chi connectivity index (χ0) is 12.8. The van der Waals surface area contributed by atoms with Gasteiger partial charge in [-0.05, 0) is 44.4 Å². The Bertz CT molecular complexity index is 407. The molecule has 2 nitrogen and oxygen atoms in total. The minimum absolute atomic E-state index is 0.0390. The maximum absolute atomic E-state index is 12.1. The van der Waals surface area contributed by atoms with Crippen molar-refractivity contribution in [2.75, 3.05) is 6.61 Å². The molecule has 1 unspecified atom stereocenters. The summed E-state index contributed by atoms with van der Waals surface area (Å²) < 4.78 is 5.45. The van der Waals surface area contributed by atoms with Crippen molar-refractivity contribution in [2.45, 2.75) is 33.3 Å². The monoisotopic (exact) mass is 232 g/mol. The normalized spacial score (nSPS) is 12.2. The van der Waals surface area contributed by atoms with E-state index in [2.05, 4.69) is 6.58 Å². The van der Waals surface area contributed by atoms with Crippen molar-refractivity contribution >= 4 is 5.78 Å². The Morgan fingerprint density at radius 3 is 2.71 bits per heavy atom. The van der Waals surface area contributed by atoms with Crippen LogP contribution in [-0.2, 0) is 4.74 Å². The molecule has 0 heterocycles. The molecule has 0 N–H and O–H groups in total. The summed E-state index contributed by atoms with van der Waals surface area (Å²) in [5, 5.41) is 0. The van der Waals surface area contributed by atoms with Gasteiger partial charge in [0.25, 0.3) is 0 Å². The van der Waals surface area contributed by atoms with Crippen molar-refractivity contribution in [3.8, 4) is 0 Å². The Hall–Kier alpha value is -1.41.